The lowest BCUT2D eigenvalue weighted by atomic mass is 9.59. The first-order valence-electron chi connectivity index (χ1n) is 9.82. The molecule has 9 atom stereocenters. The first-order chi connectivity index (χ1) is 11.3. The lowest BCUT2D eigenvalue weighted by molar-refractivity contribution is -0.200. The molecule has 4 aliphatic rings. The molecule has 0 radical (unpaired) electrons. The van der Waals surface area contributed by atoms with Crippen LogP contribution in [0.5, 0.6) is 0 Å². The van der Waals surface area contributed by atoms with Gasteiger partial charge in [0.15, 0.2) is 0 Å². The van der Waals surface area contributed by atoms with Gasteiger partial charge in [0, 0.05) is 11.3 Å². The lowest BCUT2D eigenvalue weighted by Crippen LogP contribution is -2.60. The van der Waals surface area contributed by atoms with Crippen LogP contribution in [0.2, 0.25) is 0 Å². The summed E-state index contributed by atoms with van der Waals surface area (Å²) in [6.45, 7) is 7.24. The highest BCUT2D eigenvalue weighted by molar-refractivity contribution is 5.24. The summed E-state index contributed by atoms with van der Waals surface area (Å²) in [4.78, 5) is 0. The fourth-order valence-corrected chi connectivity index (χ4v) is 7.75. The molecule has 2 bridgehead atoms. The van der Waals surface area contributed by atoms with Crippen LogP contribution in [-0.2, 0) is 0 Å². The standard InChI is InChI=1S/C20H34O5/c1-16(2)14(21)7-13-18(4,24)12-6-5-11-8-19(12,10-17(11,3)23)9-15(22)20(13,16)25/h11-15,21-25H,5-10H2,1-4H3/t11-,12+,13-,14+,15+,17-,18+,19-,20+/m1/s1. The van der Waals surface area contributed by atoms with Gasteiger partial charge in [0.2, 0.25) is 0 Å². The van der Waals surface area contributed by atoms with Gasteiger partial charge in [0.05, 0.1) is 23.4 Å². The molecule has 0 aromatic heterocycles. The smallest absolute Gasteiger partial charge is 0.104 e. The largest absolute Gasteiger partial charge is 0.392 e. The van der Waals surface area contributed by atoms with Crippen molar-refractivity contribution in [2.75, 3.05) is 0 Å². The second-order valence-corrected chi connectivity index (χ2v) is 10.7. The molecule has 144 valence electrons. The summed E-state index contributed by atoms with van der Waals surface area (Å²) in [6.07, 6.45) is 1.91. The van der Waals surface area contributed by atoms with E-state index in [9.17, 15) is 25.5 Å². The van der Waals surface area contributed by atoms with Crippen LogP contribution in [-0.4, -0.2) is 54.5 Å². The highest BCUT2D eigenvalue weighted by atomic mass is 16.4. The Bertz CT molecular complexity index is 585. The molecule has 4 saturated carbocycles. The average molecular weight is 354 g/mol. The Kier molecular flexibility index (Phi) is 3.49. The lowest BCUT2D eigenvalue weighted by Gasteiger charge is -2.49. The molecule has 0 aromatic carbocycles. The molecular weight excluding hydrogens is 320 g/mol. The maximum Gasteiger partial charge on any atom is 0.104 e. The van der Waals surface area contributed by atoms with Crippen LogP contribution in [0.25, 0.3) is 0 Å². The third-order valence-electron chi connectivity index (χ3n) is 9.16. The summed E-state index contributed by atoms with van der Waals surface area (Å²) < 4.78 is 0. The Labute approximate surface area is 150 Å². The van der Waals surface area contributed by atoms with Gasteiger partial charge in [-0.05, 0) is 69.6 Å². The summed E-state index contributed by atoms with van der Waals surface area (Å²) >= 11 is 0. The van der Waals surface area contributed by atoms with E-state index in [1.807, 2.05) is 6.92 Å². The van der Waals surface area contributed by atoms with Crippen LogP contribution in [0.15, 0.2) is 0 Å². The zero-order valence-electron chi connectivity index (χ0n) is 15.9. The van der Waals surface area contributed by atoms with Crippen molar-refractivity contribution in [3.05, 3.63) is 0 Å². The van der Waals surface area contributed by atoms with Gasteiger partial charge in [-0.1, -0.05) is 13.8 Å². The van der Waals surface area contributed by atoms with Crippen molar-refractivity contribution in [3.63, 3.8) is 0 Å². The van der Waals surface area contributed by atoms with Gasteiger partial charge >= 0.3 is 0 Å². The van der Waals surface area contributed by atoms with Crippen molar-refractivity contribution < 1.29 is 25.5 Å². The highest BCUT2D eigenvalue weighted by Gasteiger charge is 2.74. The molecule has 0 amide bonds. The molecule has 0 saturated heterocycles. The van der Waals surface area contributed by atoms with Crippen LogP contribution in [0.1, 0.15) is 66.2 Å². The number of hydrogen-bond acceptors (Lipinski definition) is 5. The first kappa shape index (κ1) is 18.2. The van der Waals surface area contributed by atoms with E-state index in [4.69, 9.17) is 0 Å². The fourth-order valence-electron chi connectivity index (χ4n) is 7.75. The Morgan fingerprint density at radius 3 is 2.08 bits per heavy atom. The van der Waals surface area contributed by atoms with E-state index < -0.39 is 40.3 Å². The zero-order chi connectivity index (χ0) is 18.6. The molecule has 0 aromatic rings. The van der Waals surface area contributed by atoms with Crippen LogP contribution in [0, 0.1) is 28.6 Å². The van der Waals surface area contributed by atoms with Crippen molar-refractivity contribution in [1.29, 1.82) is 0 Å². The summed E-state index contributed by atoms with van der Waals surface area (Å²) in [5.41, 5.74) is -4.75. The Morgan fingerprint density at radius 1 is 0.800 bits per heavy atom. The predicted octanol–water partition coefficient (Wildman–Crippen LogP) is 1.20. The molecule has 0 heterocycles. The normalized spacial score (nSPS) is 63.0. The average Bonchev–Trinajstić information content (AvgIpc) is 2.77. The molecule has 4 rings (SSSR count). The van der Waals surface area contributed by atoms with Gasteiger partial charge in [-0.2, -0.15) is 0 Å². The van der Waals surface area contributed by atoms with Gasteiger partial charge in [0.1, 0.15) is 5.60 Å². The Morgan fingerprint density at radius 2 is 1.44 bits per heavy atom. The van der Waals surface area contributed by atoms with Crippen molar-refractivity contribution in [2.24, 2.45) is 28.6 Å². The predicted molar refractivity (Wildman–Crippen MR) is 92.6 cm³/mol. The van der Waals surface area contributed by atoms with Crippen LogP contribution in [0.3, 0.4) is 0 Å². The number of aliphatic hydroxyl groups is 5. The van der Waals surface area contributed by atoms with Gasteiger partial charge in [-0.15, -0.1) is 0 Å². The first-order valence-corrected chi connectivity index (χ1v) is 9.82. The Balaban J connectivity index is 1.86. The molecule has 5 heteroatoms. The van der Waals surface area contributed by atoms with E-state index in [0.717, 1.165) is 19.3 Å². The fraction of sp³-hybridized carbons (Fsp3) is 1.00. The van der Waals surface area contributed by atoms with E-state index in [1.165, 1.54) is 0 Å². The van der Waals surface area contributed by atoms with Crippen LogP contribution >= 0.6 is 0 Å². The molecule has 0 aliphatic heterocycles. The second kappa shape index (κ2) is 4.79. The minimum Gasteiger partial charge on any atom is -0.392 e. The zero-order valence-corrected chi connectivity index (χ0v) is 15.9. The van der Waals surface area contributed by atoms with Crippen molar-refractivity contribution >= 4 is 0 Å². The maximum atomic E-state index is 11.7. The third-order valence-corrected chi connectivity index (χ3v) is 9.16. The van der Waals surface area contributed by atoms with Crippen LogP contribution < -0.4 is 0 Å². The van der Waals surface area contributed by atoms with Gasteiger partial charge in [0.25, 0.3) is 0 Å². The second-order valence-electron chi connectivity index (χ2n) is 10.7. The summed E-state index contributed by atoms with van der Waals surface area (Å²) in [6, 6.07) is 0. The minimum absolute atomic E-state index is 0.0833. The number of fused-ring (bicyclic) bond motifs is 2. The minimum atomic E-state index is -1.54. The highest BCUT2D eigenvalue weighted by Crippen LogP contribution is 2.69. The van der Waals surface area contributed by atoms with E-state index >= 15 is 0 Å². The number of rotatable bonds is 0. The molecule has 25 heavy (non-hydrogen) atoms. The van der Waals surface area contributed by atoms with Gasteiger partial charge < -0.3 is 25.5 Å². The summed E-state index contributed by atoms with van der Waals surface area (Å²) in [7, 11) is 0. The Hall–Kier alpha value is -0.200. The summed E-state index contributed by atoms with van der Waals surface area (Å²) in [5.74, 6) is -0.468. The SMILES string of the molecule is CC1(C)[C@@H](O)C[C@@H]2[C@@](C)(O)[C@@H]3CC[C@@H]4C[C@@]3(C[C@H](O)[C@@]21O)C[C@@]4(C)O. The van der Waals surface area contributed by atoms with E-state index in [-0.39, 0.29) is 17.3 Å². The van der Waals surface area contributed by atoms with Gasteiger partial charge in [-0.3, -0.25) is 0 Å². The molecular formula is C20H34O5. The van der Waals surface area contributed by atoms with Crippen molar-refractivity contribution in [1.82, 2.24) is 0 Å². The molecule has 4 aliphatic carbocycles. The molecule has 5 nitrogen and oxygen atoms in total. The summed E-state index contributed by atoms with van der Waals surface area (Å²) in [5, 5.41) is 56.0. The maximum absolute atomic E-state index is 11.7. The molecule has 1 spiro atoms. The molecule has 4 fully saturated rings. The molecule has 5 N–H and O–H groups in total. The monoisotopic (exact) mass is 354 g/mol. The van der Waals surface area contributed by atoms with Crippen molar-refractivity contribution in [3.8, 4) is 0 Å². The van der Waals surface area contributed by atoms with E-state index in [2.05, 4.69) is 0 Å². The molecule has 0 unspecified atom stereocenters. The van der Waals surface area contributed by atoms with Gasteiger partial charge in [-0.25, -0.2) is 0 Å². The van der Waals surface area contributed by atoms with Crippen LogP contribution in [0.4, 0.5) is 0 Å². The third kappa shape index (κ3) is 1.97. The van der Waals surface area contributed by atoms with E-state index in [0.29, 0.717) is 19.3 Å². The topological polar surface area (TPSA) is 101 Å². The number of hydrogen-bond donors (Lipinski definition) is 5. The quantitative estimate of drug-likeness (QED) is 0.450. The van der Waals surface area contributed by atoms with Crippen molar-refractivity contribution in [2.45, 2.75) is 95.2 Å². The van der Waals surface area contributed by atoms with E-state index in [1.54, 1.807) is 20.8 Å². The number of aliphatic hydroxyl groups excluding tert-OH is 2.